The van der Waals surface area contributed by atoms with Gasteiger partial charge in [0, 0.05) is 5.92 Å². The molecule has 0 spiro atoms. The second-order valence-electron chi connectivity index (χ2n) is 6.77. The first-order chi connectivity index (χ1) is 13.9. The van der Waals surface area contributed by atoms with E-state index in [0.717, 1.165) is 22.3 Å². The molecule has 29 heavy (non-hydrogen) atoms. The van der Waals surface area contributed by atoms with E-state index in [4.69, 9.17) is 14.9 Å². The van der Waals surface area contributed by atoms with Gasteiger partial charge in [0.2, 0.25) is 5.91 Å². The van der Waals surface area contributed by atoms with Crippen molar-refractivity contribution in [3.63, 3.8) is 0 Å². The second-order valence-corrected chi connectivity index (χ2v) is 6.77. The van der Waals surface area contributed by atoms with Gasteiger partial charge in [-0.2, -0.15) is 0 Å². The number of hydrogen-bond donors (Lipinski definition) is 4. The van der Waals surface area contributed by atoms with Crippen LogP contribution in [0, 0.1) is 0 Å². The van der Waals surface area contributed by atoms with Gasteiger partial charge in [-0.1, -0.05) is 48.5 Å². The lowest BCUT2D eigenvalue weighted by molar-refractivity contribution is -0.143. The summed E-state index contributed by atoms with van der Waals surface area (Å²) in [6, 6.07) is 13.4. The number of benzene rings is 2. The molecule has 2 atom stereocenters. The summed E-state index contributed by atoms with van der Waals surface area (Å²) in [4.78, 5) is 35.0. The van der Waals surface area contributed by atoms with Crippen LogP contribution in [0.4, 0.5) is 4.79 Å². The van der Waals surface area contributed by atoms with Crippen molar-refractivity contribution < 1.29 is 29.3 Å². The molecule has 1 unspecified atom stereocenters. The van der Waals surface area contributed by atoms with Gasteiger partial charge in [0.15, 0.2) is 0 Å². The van der Waals surface area contributed by atoms with Crippen LogP contribution in [0.3, 0.4) is 0 Å². The Bertz CT molecular complexity index is 883. The highest BCUT2D eigenvalue weighted by molar-refractivity contribution is 5.89. The Morgan fingerprint density at radius 1 is 1.00 bits per heavy atom. The van der Waals surface area contributed by atoms with Crippen LogP contribution in [0.5, 0.6) is 0 Å². The monoisotopic (exact) mass is 398 g/mol. The third-order valence-electron chi connectivity index (χ3n) is 4.87. The van der Waals surface area contributed by atoms with E-state index < -0.39 is 36.7 Å². The molecule has 0 aliphatic heterocycles. The van der Waals surface area contributed by atoms with E-state index in [1.807, 2.05) is 48.5 Å². The van der Waals surface area contributed by atoms with Crippen molar-refractivity contribution in [1.29, 1.82) is 0 Å². The summed E-state index contributed by atoms with van der Waals surface area (Å²) in [5.74, 6) is -2.21. The van der Waals surface area contributed by atoms with Crippen LogP contribution in [0.2, 0.25) is 0 Å². The molecule has 2 aromatic rings. The van der Waals surface area contributed by atoms with Crippen molar-refractivity contribution in [2.75, 3.05) is 13.2 Å². The minimum atomic E-state index is -1.44. The molecule has 0 saturated heterocycles. The Morgan fingerprint density at radius 3 is 2.07 bits per heavy atom. The number of nitrogens with one attached hydrogen (secondary N) is 2. The molecule has 0 fully saturated rings. The highest BCUT2D eigenvalue weighted by Crippen LogP contribution is 2.44. The molecule has 0 radical (unpaired) electrons. The number of fused-ring (bicyclic) bond motifs is 3. The normalized spacial score (nSPS) is 14.3. The standard InChI is InChI=1S/C21H22N2O6/c1-12(19(25)23-18(10-24)20(26)27)22-21(28)29-11-17-15-8-4-2-6-13(15)14-7-3-5-9-16(14)17/h2-9,12,17-18,24H,10-11H2,1H3,(H,22,28)(H,23,25)(H,26,27)/t12?,18-/m1/s1. The number of rotatable bonds is 7. The van der Waals surface area contributed by atoms with Gasteiger partial charge < -0.3 is 25.6 Å². The smallest absolute Gasteiger partial charge is 0.407 e. The Hall–Kier alpha value is -3.39. The van der Waals surface area contributed by atoms with Gasteiger partial charge in [0.1, 0.15) is 18.7 Å². The predicted octanol–water partition coefficient (Wildman–Crippen LogP) is 1.48. The summed E-state index contributed by atoms with van der Waals surface area (Å²) in [7, 11) is 0. The number of carbonyl (C=O) groups excluding carboxylic acids is 2. The van der Waals surface area contributed by atoms with Crippen LogP contribution in [0.1, 0.15) is 24.0 Å². The van der Waals surface area contributed by atoms with Gasteiger partial charge in [-0.3, -0.25) is 4.79 Å². The number of aliphatic hydroxyl groups is 1. The molecule has 2 aromatic carbocycles. The van der Waals surface area contributed by atoms with E-state index in [2.05, 4.69) is 10.6 Å². The number of amides is 2. The largest absolute Gasteiger partial charge is 0.480 e. The third-order valence-corrected chi connectivity index (χ3v) is 4.87. The molecule has 1 aliphatic rings. The number of ether oxygens (including phenoxy) is 1. The molecule has 0 bridgehead atoms. The average molecular weight is 398 g/mol. The zero-order valence-electron chi connectivity index (χ0n) is 15.8. The minimum Gasteiger partial charge on any atom is -0.480 e. The topological polar surface area (TPSA) is 125 Å². The Morgan fingerprint density at radius 2 is 1.55 bits per heavy atom. The lowest BCUT2D eigenvalue weighted by atomic mass is 9.98. The van der Waals surface area contributed by atoms with Crippen molar-refractivity contribution in [1.82, 2.24) is 10.6 Å². The predicted molar refractivity (Wildman–Crippen MR) is 104 cm³/mol. The number of carboxylic acid groups (broad SMARTS) is 1. The average Bonchev–Trinajstić information content (AvgIpc) is 3.03. The lowest BCUT2D eigenvalue weighted by Gasteiger charge is -2.18. The number of hydrogen-bond acceptors (Lipinski definition) is 5. The zero-order valence-corrected chi connectivity index (χ0v) is 15.8. The van der Waals surface area contributed by atoms with E-state index in [1.54, 1.807) is 0 Å². The SMILES string of the molecule is CC(NC(=O)OCC1c2ccccc2-c2ccccc21)C(=O)N[C@H](CO)C(=O)O. The molecule has 8 heteroatoms. The summed E-state index contributed by atoms with van der Waals surface area (Å²) < 4.78 is 5.34. The fraction of sp³-hybridized carbons (Fsp3) is 0.286. The van der Waals surface area contributed by atoms with Gasteiger partial charge in [-0.15, -0.1) is 0 Å². The van der Waals surface area contributed by atoms with Gasteiger partial charge in [0.05, 0.1) is 6.61 Å². The molecular weight excluding hydrogens is 376 g/mol. The van der Waals surface area contributed by atoms with Crippen molar-refractivity contribution >= 4 is 18.0 Å². The van der Waals surface area contributed by atoms with Gasteiger partial charge >= 0.3 is 12.1 Å². The zero-order chi connectivity index (χ0) is 21.0. The molecule has 1 aliphatic carbocycles. The van der Waals surface area contributed by atoms with Crippen LogP contribution in [0.15, 0.2) is 48.5 Å². The summed E-state index contributed by atoms with van der Waals surface area (Å²) in [6.45, 7) is 0.744. The third kappa shape index (κ3) is 4.38. The maximum atomic E-state index is 12.1. The van der Waals surface area contributed by atoms with Crippen molar-refractivity contribution in [2.45, 2.75) is 24.9 Å². The fourth-order valence-electron chi connectivity index (χ4n) is 3.36. The maximum Gasteiger partial charge on any atom is 0.407 e. The number of alkyl carbamates (subject to hydrolysis) is 1. The quantitative estimate of drug-likeness (QED) is 0.560. The van der Waals surface area contributed by atoms with Crippen molar-refractivity contribution in [2.24, 2.45) is 0 Å². The molecule has 8 nitrogen and oxygen atoms in total. The van der Waals surface area contributed by atoms with Crippen LogP contribution in [-0.4, -0.2) is 53.5 Å². The summed E-state index contributed by atoms with van der Waals surface area (Å²) in [6.07, 6.45) is -0.787. The second kappa shape index (κ2) is 8.74. The molecule has 152 valence electrons. The first-order valence-corrected chi connectivity index (χ1v) is 9.18. The van der Waals surface area contributed by atoms with Crippen LogP contribution in [-0.2, 0) is 14.3 Å². The Balaban J connectivity index is 1.60. The molecule has 0 heterocycles. The minimum absolute atomic E-state index is 0.0998. The molecule has 0 saturated carbocycles. The van der Waals surface area contributed by atoms with Gasteiger partial charge in [-0.25, -0.2) is 9.59 Å². The first kappa shape index (κ1) is 20.3. The van der Waals surface area contributed by atoms with E-state index >= 15 is 0 Å². The molecule has 3 rings (SSSR count). The summed E-state index contributed by atoms with van der Waals surface area (Å²) >= 11 is 0. The fourth-order valence-corrected chi connectivity index (χ4v) is 3.36. The van der Waals surface area contributed by atoms with Crippen LogP contribution in [0.25, 0.3) is 11.1 Å². The molecule has 2 amide bonds. The van der Waals surface area contributed by atoms with Gasteiger partial charge in [-0.05, 0) is 29.2 Å². The van der Waals surface area contributed by atoms with E-state index in [9.17, 15) is 14.4 Å². The van der Waals surface area contributed by atoms with Crippen molar-refractivity contribution in [3.05, 3.63) is 59.7 Å². The van der Waals surface area contributed by atoms with Crippen LogP contribution >= 0.6 is 0 Å². The molecule has 4 N–H and O–H groups in total. The number of aliphatic hydroxyl groups excluding tert-OH is 1. The van der Waals surface area contributed by atoms with Crippen molar-refractivity contribution in [3.8, 4) is 11.1 Å². The van der Waals surface area contributed by atoms with Gasteiger partial charge in [0.25, 0.3) is 0 Å². The maximum absolute atomic E-state index is 12.1. The Labute approximate surface area is 167 Å². The molecular formula is C21H22N2O6. The van der Waals surface area contributed by atoms with E-state index in [0.29, 0.717) is 0 Å². The Kier molecular flexibility index (Phi) is 6.13. The number of carbonyl (C=O) groups is 3. The first-order valence-electron chi connectivity index (χ1n) is 9.18. The lowest BCUT2D eigenvalue weighted by Crippen LogP contribution is -2.51. The highest BCUT2D eigenvalue weighted by Gasteiger charge is 2.29. The number of carboxylic acids is 1. The molecule has 0 aromatic heterocycles. The summed E-state index contributed by atoms with van der Waals surface area (Å²) in [5.41, 5.74) is 4.35. The highest BCUT2D eigenvalue weighted by atomic mass is 16.5. The van der Waals surface area contributed by atoms with E-state index in [1.165, 1.54) is 6.92 Å². The van der Waals surface area contributed by atoms with Crippen LogP contribution < -0.4 is 10.6 Å². The number of aliphatic carboxylic acids is 1. The summed E-state index contributed by atoms with van der Waals surface area (Å²) in [5, 5.41) is 22.3. The van der Waals surface area contributed by atoms with E-state index in [-0.39, 0.29) is 12.5 Å².